The molecule has 1 aliphatic heterocycles. The molecule has 0 spiro atoms. The van der Waals surface area contributed by atoms with Gasteiger partial charge < -0.3 is 4.57 Å². The van der Waals surface area contributed by atoms with Crippen molar-refractivity contribution in [2.24, 2.45) is 5.10 Å². The fourth-order valence-electron chi connectivity index (χ4n) is 5.85. The smallest absolute Gasteiger partial charge is 0.152 e. The Kier molecular flexibility index (Phi) is 9.02. The monoisotopic (exact) mass is 543 g/mol. The highest BCUT2D eigenvalue weighted by Crippen LogP contribution is 2.30. The zero-order valence-electron chi connectivity index (χ0n) is 23.1. The minimum Gasteiger partial charge on any atom is -0.340 e. The zero-order valence-corrected chi connectivity index (χ0v) is 24.0. The van der Waals surface area contributed by atoms with E-state index in [1.165, 1.54) is 73.2 Å². The summed E-state index contributed by atoms with van der Waals surface area (Å²) in [7, 11) is -3.02. The Morgan fingerprint density at radius 3 is 2.28 bits per heavy atom. The number of hydrogen-bond donors (Lipinski definition) is 0. The van der Waals surface area contributed by atoms with E-state index in [1.807, 2.05) is 41.6 Å². The van der Waals surface area contributed by atoms with E-state index in [1.54, 1.807) is 0 Å². The lowest BCUT2D eigenvalue weighted by Crippen LogP contribution is -2.31. The number of unbranched alkanes of at least 4 members (excludes halogenated alkanes) is 7. The second kappa shape index (κ2) is 12.8. The molecule has 1 aromatic heterocycles. The third-order valence-corrected chi connectivity index (χ3v) is 9.69. The molecule has 5 rings (SSSR count). The van der Waals surface area contributed by atoms with Crippen LogP contribution in [0.2, 0.25) is 0 Å². The predicted molar refractivity (Wildman–Crippen MR) is 166 cm³/mol. The second-order valence-electron chi connectivity index (χ2n) is 10.9. The first kappa shape index (κ1) is 27.4. The van der Waals surface area contributed by atoms with Crippen molar-refractivity contribution in [3.05, 3.63) is 78.4 Å². The standard InChI is InChI=1S/C33H41N3O2S/c1-2-3-4-5-6-7-8-14-22-35-32-18-13-12-17-30(32)31-24-27(19-20-33(31)35)25-34-36(28-15-10-9-11-16-28)29-21-23-39(37,38)26-29/h9-13,15-20,24-25,29H,2-8,14,21-23,26H2,1H3. The molecule has 1 atom stereocenters. The van der Waals surface area contributed by atoms with Gasteiger partial charge in [0.15, 0.2) is 9.84 Å². The minimum atomic E-state index is -3.02. The summed E-state index contributed by atoms with van der Waals surface area (Å²) in [6.07, 6.45) is 13.0. The fraction of sp³-hybridized carbons (Fsp3) is 0.424. The molecule has 3 aromatic carbocycles. The van der Waals surface area contributed by atoms with Gasteiger partial charge in [0.25, 0.3) is 0 Å². The van der Waals surface area contributed by atoms with E-state index in [4.69, 9.17) is 5.10 Å². The minimum absolute atomic E-state index is 0.143. The molecule has 2 heterocycles. The number of sulfone groups is 1. The summed E-state index contributed by atoms with van der Waals surface area (Å²) in [4.78, 5) is 0. The number of para-hydroxylation sites is 2. The number of aromatic nitrogens is 1. The molecule has 1 unspecified atom stereocenters. The van der Waals surface area contributed by atoms with Crippen LogP contribution >= 0.6 is 0 Å². The van der Waals surface area contributed by atoms with Gasteiger partial charge in [0.2, 0.25) is 0 Å². The summed E-state index contributed by atoms with van der Waals surface area (Å²) in [6.45, 7) is 3.30. The highest BCUT2D eigenvalue weighted by molar-refractivity contribution is 7.91. The number of hydrogen-bond acceptors (Lipinski definition) is 4. The molecule has 5 nitrogen and oxygen atoms in total. The van der Waals surface area contributed by atoms with Crippen molar-refractivity contribution in [3.63, 3.8) is 0 Å². The molecule has 1 saturated heterocycles. The van der Waals surface area contributed by atoms with Crippen LogP contribution in [0.25, 0.3) is 21.8 Å². The Hall–Kier alpha value is -3.12. The van der Waals surface area contributed by atoms with Gasteiger partial charge in [-0.1, -0.05) is 94.3 Å². The predicted octanol–water partition coefficient (Wildman–Crippen LogP) is 7.96. The van der Waals surface area contributed by atoms with Crippen molar-refractivity contribution >= 4 is 43.5 Å². The van der Waals surface area contributed by atoms with E-state index in [0.29, 0.717) is 6.42 Å². The van der Waals surface area contributed by atoms with E-state index < -0.39 is 9.84 Å². The summed E-state index contributed by atoms with van der Waals surface area (Å²) in [6, 6.07) is 25.0. The molecule has 206 valence electrons. The van der Waals surface area contributed by atoms with Crippen LogP contribution in [-0.2, 0) is 16.4 Å². The largest absolute Gasteiger partial charge is 0.340 e. The van der Waals surface area contributed by atoms with E-state index in [9.17, 15) is 8.42 Å². The summed E-state index contributed by atoms with van der Waals surface area (Å²) in [5.74, 6) is 0.366. The Morgan fingerprint density at radius 1 is 0.846 bits per heavy atom. The Bertz CT molecular complexity index is 1510. The van der Waals surface area contributed by atoms with Crippen LogP contribution in [0, 0.1) is 0 Å². The molecule has 4 aromatic rings. The number of aryl methyl sites for hydroxylation is 1. The summed E-state index contributed by atoms with van der Waals surface area (Å²) in [5, 5.41) is 9.24. The van der Waals surface area contributed by atoms with Crippen LogP contribution in [0.3, 0.4) is 0 Å². The van der Waals surface area contributed by atoms with Gasteiger partial charge in [-0.05, 0) is 48.7 Å². The number of benzene rings is 3. The highest BCUT2D eigenvalue weighted by Gasteiger charge is 2.32. The van der Waals surface area contributed by atoms with Crippen molar-refractivity contribution in [1.82, 2.24) is 4.57 Å². The van der Waals surface area contributed by atoms with Gasteiger partial charge in [0.1, 0.15) is 0 Å². The number of rotatable bonds is 13. The summed E-state index contributed by atoms with van der Waals surface area (Å²) in [5.41, 5.74) is 4.47. The maximum atomic E-state index is 12.2. The molecular formula is C33H41N3O2S. The van der Waals surface area contributed by atoms with Crippen molar-refractivity contribution < 1.29 is 8.42 Å². The van der Waals surface area contributed by atoms with E-state index in [0.717, 1.165) is 17.8 Å². The molecule has 0 saturated carbocycles. The molecule has 6 heteroatoms. The van der Waals surface area contributed by atoms with Crippen LogP contribution in [0.4, 0.5) is 5.69 Å². The first-order valence-electron chi connectivity index (χ1n) is 14.7. The lowest BCUT2D eigenvalue weighted by molar-refractivity contribution is 0.553. The average molecular weight is 544 g/mol. The number of fused-ring (bicyclic) bond motifs is 3. The van der Waals surface area contributed by atoms with Gasteiger partial charge in [-0.3, -0.25) is 5.01 Å². The molecule has 39 heavy (non-hydrogen) atoms. The first-order chi connectivity index (χ1) is 19.1. The van der Waals surface area contributed by atoms with Gasteiger partial charge in [0.05, 0.1) is 29.4 Å². The van der Waals surface area contributed by atoms with E-state index in [2.05, 4.69) is 54.0 Å². The van der Waals surface area contributed by atoms with E-state index >= 15 is 0 Å². The normalized spacial score (nSPS) is 17.0. The second-order valence-corrected chi connectivity index (χ2v) is 13.1. The first-order valence-corrected chi connectivity index (χ1v) is 16.5. The zero-order chi connectivity index (χ0) is 27.1. The number of hydrazone groups is 1. The van der Waals surface area contributed by atoms with Crippen LogP contribution in [0.5, 0.6) is 0 Å². The number of nitrogens with zero attached hydrogens (tertiary/aromatic N) is 3. The molecule has 0 bridgehead atoms. The SMILES string of the molecule is CCCCCCCCCCn1c2ccccc2c2cc(C=NN(c3ccccc3)C3CCS(=O)(=O)C3)ccc21. The Balaban J connectivity index is 1.35. The van der Waals surface area contributed by atoms with Gasteiger partial charge in [-0.15, -0.1) is 0 Å². The van der Waals surface area contributed by atoms with Crippen molar-refractivity contribution in [2.75, 3.05) is 16.5 Å². The molecular weight excluding hydrogens is 502 g/mol. The van der Waals surface area contributed by atoms with Gasteiger partial charge in [-0.2, -0.15) is 5.10 Å². The lowest BCUT2D eigenvalue weighted by atomic mass is 10.1. The summed E-state index contributed by atoms with van der Waals surface area (Å²) >= 11 is 0. The van der Waals surface area contributed by atoms with Crippen LogP contribution in [0.1, 0.15) is 70.3 Å². The number of anilines is 1. The van der Waals surface area contributed by atoms with Crippen molar-refractivity contribution in [3.8, 4) is 0 Å². The molecule has 0 amide bonds. The van der Waals surface area contributed by atoms with Crippen LogP contribution in [-0.4, -0.2) is 36.7 Å². The van der Waals surface area contributed by atoms with Crippen LogP contribution < -0.4 is 5.01 Å². The topological polar surface area (TPSA) is 54.7 Å². The highest BCUT2D eigenvalue weighted by atomic mass is 32.2. The van der Waals surface area contributed by atoms with Gasteiger partial charge in [-0.25, -0.2) is 8.42 Å². The third kappa shape index (κ3) is 6.73. The molecule has 0 N–H and O–H groups in total. The van der Waals surface area contributed by atoms with Gasteiger partial charge >= 0.3 is 0 Å². The third-order valence-electron chi connectivity index (χ3n) is 7.94. The maximum absolute atomic E-state index is 12.2. The molecule has 1 aliphatic rings. The molecule has 0 aliphatic carbocycles. The average Bonchev–Trinajstić information content (AvgIpc) is 3.47. The molecule has 0 radical (unpaired) electrons. The van der Waals surface area contributed by atoms with Gasteiger partial charge in [0, 0.05) is 28.4 Å². The Labute approximate surface area is 233 Å². The quantitative estimate of drug-likeness (QED) is 0.0976. The Morgan fingerprint density at radius 2 is 1.54 bits per heavy atom. The molecule has 1 fully saturated rings. The fourth-order valence-corrected chi connectivity index (χ4v) is 7.54. The van der Waals surface area contributed by atoms with E-state index in [-0.39, 0.29) is 17.5 Å². The van der Waals surface area contributed by atoms with Crippen molar-refractivity contribution in [2.45, 2.75) is 77.3 Å². The van der Waals surface area contributed by atoms with Crippen LogP contribution in [0.15, 0.2) is 77.9 Å². The maximum Gasteiger partial charge on any atom is 0.152 e. The lowest BCUT2D eigenvalue weighted by Gasteiger charge is -2.25. The van der Waals surface area contributed by atoms with Crippen molar-refractivity contribution in [1.29, 1.82) is 0 Å². The summed E-state index contributed by atoms with van der Waals surface area (Å²) < 4.78 is 26.9.